The molecular formula is C11H18IO2-. The Morgan fingerprint density at radius 3 is 2.14 bits per heavy atom. The molecule has 0 aromatic rings. The number of carboxylic acids is 1. The van der Waals surface area contributed by atoms with E-state index in [1.54, 1.807) is 0 Å². The predicted molar refractivity (Wildman–Crippen MR) is 63.2 cm³/mol. The molecule has 1 unspecified atom stereocenters. The molecule has 1 rings (SSSR count). The molecule has 1 aliphatic carbocycles. The van der Waals surface area contributed by atoms with Crippen LogP contribution in [0.5, 0.6) is 0 Å². The van der Waals surface area contributed by atoms with Crippen molar-refractivity contribution >= 4 is 28.6 Å². The highest BCUT2D eigenvalue weighted by molar-refractivity contribution is 14.1. The smallest absolute Gasteiger partial charge is 0.0486 e. The highest BCUT2D eigenvalue weighted by atomic mass is 127. The molecule has 14 heavy (non-hydrogen) atoms. The molecule has 3 heteroatoms. The van der Waals surface area contributed by atoms with Gasteiger partial charge in [0.25, 0.3) is 0 Å². The highest BCUT2D eigenvalue weighted by Crippen LogP contribution is 2.44. The molecule has 0 amide bonds. The Morgan fingerprint density at radius 1 is 1.29 bits per heavy atom. The van der Waals surface area contributed by atoms with Crippen LogP contribution in [0.4, 0.5) is 0 Å². The van der Waals surface area contributed by atoms with Gasteiger partial charge in [-0.1, -0.05) is 55.7 Å². The minimum absolute atomic E-state index is 0.199. The van der Waals surface area contributed by atoms with Crippen molar-refractivity contribution in [1.82, 2.24) is 0 Å². The molecular weight excluding hydrogens is 291 g/mol. The summed E-state index contributed by atoms with van der Waals surface area (Å²) >= 11 is 2.30. The molecule has 0 aliphatic heterocycles. The monoisotopic (exact) mass is 309 g/mol. The van der Waals surface area contributed by atoms with Crippen LogP contribution in [0.3, 0.4) is 0 Å². The zero-order chi connectivity index (χ0) is 10.8. The lowest BCUT2D eigenvalue weighted by atomic mass is 9.69. The molecule has 0 saturated heterocycles. The molecule has 1 fully saturated rings. The second-order valence-electron chi connectivity index (χ2n) is 4.65. The summed E-state index contributed by atoms with van der Waals surface area (Å²) in [6.07, 6.45) is 4.87. The Hall–Kier alpha value is 0.200. The fourth-order valence-electron chi connectivity index (χ4n) is 2.41. The van der Waals surface area contributed by atoms with Crippen LogP contribution in [0, 0.1) is 11.3 Å². The van der Waals surface area contributed by atoms with Gasteiger partial charge in [0.1, 0.15) is 0 Å². The first-order chi connectivity index (χ1) is 6.50. The largest absolute Gasteiger partial charge is 0.550 e. The van der Waals surface area contributed by atoms with Gasteiger partial charge < -0.3 is 9.90 Å². The third-order valence-electron chi connectivity index (χ3n) is 3.27. The minimum atomic E-state index is -0.828. The number of halogens is 1. The third-order valence-corrected chi connectivity index (χ3v) is 5.90. The number of carbonyl (C=O) groups is 1. The molecule has 0 spiro atoms. The Balaban J connectivity index is 2.85. The van der Waals surface area contributed by atoms with E-state index >= 15 is 0 Å². The number of hydrogen-bond donors (Lipinski definition) is 0. The van der Waals surface area contributed by atoms with E-state index in [0.717, 1.165) is 25.7 Å². The van der Waals surface area contributed by atoms with E-state index in [1.165, 1.54) is 6.42 Å². The molecule has 0 aromatic heterocycles. The van der Waals surface area contributed by atoms with Crippen LogP contribution in [0.15, 0.2) is 0 Å². The molecule has 1 atom stereocenters. The fourth-order valence-corrected chi connectivity index (χ4v) is 3.29. The van der Waals surface area contributed by atoms with Gasteiger partial charge in [-0.15, -0.1) is 0 Å². The van der Waals surface area contributed by atoms with Crippen molar-refractivity contribution in [3.63, 3.8) is 0 Å². The summed E-state index contributed by atoms with van der Waals surface area (Å²) < 4.78 is 0.199. The van der Waals surface area contributed by atoms with Crippen LogP contribution in [0.25, 0.3) is 0 Å². The molecule has 1 aliphatic rings. The topological polar surface area (TPSA) is 40.1 Å². The lowest BCUT2D eigenvalue weighted by Gasteiger charge is -2.43. The molecule has 0 heterocycles. The number of aliphatic carboxylic acids is 1. The van der Waals surface area contributed by atoms with Gasteiger partial charge in [-0.25, -0.2) is 0 Å². The number of rotatable bonds is 3. The summed E-state index contributed by atoms with van der Waals surface area (Å²) in [5, 5.41) is 11.3. The minimum Gasteiger partial charge on any atom is -0.550 e. The average molecular weight is 309 g/mol. The Morgan fingerprint density at radius 2 is 1.79 bits per heavy atom. The van der Waals surface area contributed by atoms with Crippen molar-refractivity contribution in [1.29, 1.82) is 0 Å². The van der Waals surface area contributed by atoms with Crippen molar-refractivity contribution in [2.75, 3.05) is 0 Å². The van der Waals surface area contributed by atoms with Crippen LogP contribution in [0.2, 0.25) is 0 Å². The van der Waals surface area contributed by atoms with Crippen molar-refractivity contribution in [3.8, 4) is 0 Å². The molecule has 82 valence electrons. The van der Waals surface area contributed by atoms with Crippen molar-refractivity contribution in [3.05, 3.63) is 0 Å². The van der Waals surface area contributed by atoms with Gasteiger partial charge in [0, 0.05) is 15.3 Å². The molecule has 0 bridgehead atoms. The van der Waals surface area contributed by atoms with Crippen LogP contribution in [-0.2, 0) is 4.79 Å². The van der Waals surface area contributed by atoms with Gasteiger partial charge in [0.15, 0.2) is 0 Å². The van der Waals surface area contributed by atoms with Gasteiger partial charge in [0.05, 0.1) is 0 Å². The van der Waals surface area contributed by atoms with Gasteiger partial charge in [-0.05, 0) is 18.8 Å². The van der Waals surface area contributed by atoms with E-state index < -0.39 is 11.4 Å². The van der Waals surface area contributed by atoms with Crippen LogP contribution in [0.1, 0.15) is 46.0 Å². The first-order valence-corrected chi connectivity index (χ1v) is 6.61. The second-order valence-corrected chi connectivity index (χ2v) is 5.99. The zero-order valence-corrected chi connectivity index (χ0v) is 11.0. The quantitative estimate of drug-likeness (QED) is 0.592. The molecule has 0 N–H and O–H groups in total. The molecule has 2 nitrogen and oxygen atoms in total. The SMILES string of the molecule is CC(C)C(I)C1(C(=O)[O-])CCCCC1. The fraction of sp³-hybridized carbons (Fsp3) is 0.909. The number of carbonyl (C=O) groups excluding carboxylic acids is 1. The van der Waals surface area contributed by atoms with E-state index in [-0.39, 0.29) is 3.92 Å². The Kier molecular flexibility index (Phi) is 4.22. The maximum absolute atomic E-state index is 11.3. The van der Waals surface area contributed by atoms with Crippen molar-refractivity contribution in [2.45, 2.75) is 49.9 Å². The highest BCUT2D eigenvalue weighted by Gasteiger charge is 2.41. The van der Waals surface area contributed by atoms with Crippen molar-refractivity contribution in [2.24, 2.45) is 11.3 Å². The van der Waals surface area contributed by atoms with Gasteiger partial charge in [-0.2, -0.15) is 0 Å². The summed E-state index contributed by atoms with van der Waals surface area (Å²) in [6.45, 7) is 4.19. The second kappa shape index (κ2) is 4.81. The van der Waals surface area contributed by atoms with E-state index in [9.17, 15) is 9.90 Å². The van der Waals surface area contributed by atoms with Gasteiger partial charge >= 0.3 is 0 Å². The summed E-state index contributed by atoms with van der Waals surface area (Å²) in [7, 11) is 0. The predicted octanol–water partition coefficient (Wildman–Crippen LogP) is 2.15. The maximum Gasteiger partial charge on any atom is 0.0486 e. The lowest BCUT2D eigenvalue weighted by molar-refractivity contribution is -0.321. The Bertz CT molecular complexity index is 207. The first kappa shape index (κ1) is 12.3. The normalized spacial score (nSPS) is 23.4. The van der Waals surface area contributed by atoms with Crippen LogP contribution >= 0.6 is 22.6 Å². The average Bonchev–Trinajstić information content (AvgIpc) is 2.17. The summed E-state index contributed by atoms with van der Waals surface area (Å²) in [5.41, 5.74) is -0.549. The summed E-state index contributed by atoms with van der Waals surface area (Å²) in [4.78, 5) is 11.3. The molecule has 1 saturated carbocycles. The van der Waals surface area contributed by atoms with E-state index in [0.29, 0.717) is 5.92 Å². The Labute approximate surface area is 99.6 Å². The zero-order valence-electron chi connectivity index (χ0n) is 8.88. The molecule has 0 aromatic carbocycles. The number of alkyl halides is 1. The van der Waals surface area contributed by atoms with Crippen LogP contribution in [-0.4, -0.2) is 9.89 Å². The van der Waals surface area contributed by atoms with Gasteiger partial charge in [0.2, 0.25) is 0 Å². The van der Waals surface area contributed by atoms with Gasteiger partial charge in [-0.3, -0.25) is 0 Å². The summed E-state index contributed by atoms with van der Waals surface area (Å²) in [6, 6.07) is 0. The number of hydrogen-bond acceptors (Lipinski definition) is 2. The standard InChI is InChI=1S/C11H19IO2/c1-8(2)9(12)11(10(13)14)6-4-3-5-7-11/h8-9H,3-7H2,1-2H3,(H,13,14)/p-1. The van der Waals surface area contributed by atoms with E-state index in [1.807, 2.05) is 0 Å². The molecule has 0 radical (unpaired) electrons. The summed E-state index contributed by atoms with van der Waals surface area (Å²) in [5.74, 6) is -0.420. The van der Waals surface area contributed by atoms with E-state index in [4.69, 9.17) is 0 Å². The third kappa shape index (κ3) is 2.23. The van der Waals surface area contributed by atoms with E-state index in [2.05, 4.69) is 36.4 Å². The lowest BCUT2D eigenvalue weighted by Crippen LogP contribution is -2.50. The maximum atomic E-state index is 11.3. The first-order valence-electron chi connectivity index (χ1n) is 5.36. The number of carboxylic acid groups (broad SMARTS) is 1. The van der Waals surface area contributed by atoms with Crippen LogP contribution < -0.4 is 5.11 Å². The van der Waals surface area contributed by atoms with Crippen molar-refractivity contribution < 1.29 is 9.90 Å².